The number of halogens is 1. The van der Waals surface area contributed by atoms with Crippen LogP contribution in [0, 0.1) is 0 Å². The Morgan fingerprint density at radius 3 is 2.43 bits per heavy atom. The number of aromatic carboxylic acids is 1. The largest absolute Gasteiger partial charge is 0.478 e. The van der Waals surface area contributed by atoms with E-state index in [1.165, 1.54) is 11.3 Å². The summed E-state index contributed by atoms with van der Waals surface area (Å²) in [6, 6.07) is 18.1. The van der Waals surface area contributed by atoms with E-state index >= 15 is 0 Å². The van der Waals surface area contributed by atoms with Gasteiger partial charge in [0, 0.05) is 17.5 Å². The van der Waals surface area contributed by atoms with Crippen LogP contribution in [0.2, 0.25) is 5.02 Å². The number of hydrogen-bond acceptors (Lipinski definition) is 4. The predicted molar refractivity (Wildman–Crippen MR) is 118 cm³/mol. The molecular formula is C22H16ClN3O3S. The van der Waals surface area contributed by atoms with Gasteiger partial charge in [-0.1, -0.05) is 54.1 Å². The first-order valence-electron chi connectivity index (χ1n) is 8.95. The van der Waals surface area contributed by atoms with Gasteiger partial charge in [0.1, 0.15) is 5.56 Å². The zero-order chi connectivity index (χ0) is 21.3. The molecule has 4 aromatic rings. The minimum absolute atomic E-state index is 0.0369. The number of benzene rings is 2. The number of carboxylic acid groups (broad SMARTS) is 1. The van der Waals surface area contributed by atoms with E-state index in [9.17, 15) is 14.7 Å². The fraction of sp³-hybridized carbons (Fsp3) is 0.0455. The molecule has 2 aromatic carbocycles. The number of aromatic nitrogens is 2. The number of nitrogens with one attached hydrogen (secondary N) is 1. The van der Waals surface area contributed by atoms with Gasteiger partial charge in [-0.15, -0.1) is 11.3 Å². The first-order chi connectivity index (χ1) is 14.4. The third-order valence-corrected chi connectivity index (χ3v) is 5.82. The third-order valence-electron chi connectivity index (χ3n) is 4.54. The third kappa shape index (κ3) is 3.85. The average Bonchev–Trinajstić information content (AvgIpc) is 3.33. The number of carbonyl (C=O) groups is 2. The number of aryl methyl sites for hydroxylation is 1. The quantitative estimate of drug-likeness (QED) is 0.436. The van der Waals surface area contributed by atoms with Gasteiger partial charge in [0.05, 0.1) is 16.3 Å². The molecule has 4 rings (SSSR count). The Morgan fingerprint density at radius 1 is 1.07 bits per heavy atom. The van der Waals surface area contributed by atoms with Crippen LogP contribution >= 0.6 is 22.9 Å². The van der Waals surface area contributed by atoms with Crippen LogP contribution < -0.4 is 5.32 Å². The Labute approximate surface area is 181 Å². The average molecular weight is 438 g/mol. The molecule has 150 valence electrons. The molecule has 0 saturated carbocycles. The molecule has 0 radical (unpaired) electrons. The standard InChI is InChI=1S/C22H16ClN3O3S/c1-26-18(13-5-3-2-4-6-13)11-16(25-26)21(27)24-17-12-30-20(19(17)22(28)29)14-7-9-15(23)10-8-14/h2-12H,1H3,(H,24,27)(H,28,29). The van der Waals surface area contributed by atoms with Crippen molar-refractivity contribution in [2.75, 3.05) is 5.32 Å². The highest BCUT2D eigenvalue weighted by Crippen LogP contribution is 2.36. The summed E-state index contributed by atoms with van der Waals surface area (Å²) < 4.78 is 1.62. The number of nitrogens with zero attached hydrogens (tertiary/aromatic N) is 2. The molecule has 2 aromatic heterocycles. The molecule has 30 heavy (non-hydrogen) atoms. The lowest BCUT2D eigenvalue weighted by Gasteiger charge is -2.05. The number of carbonyl (C=O) groups excluding carboxylic acids is 1. The molecule has 1 amide bonds. The van der Waals surface area contributed by atoms with E-state index in [4.69, 9.17) is 11.6 Å². The fourth-order valence-corrected chi connectivity index (χ4v) is 4.25. The van der Waals surface area contributed by atoms with Crippen molar-refractivity contribution in [2.24, 2.45) is 7.05 Å². The van der Waals surface area contributed by atoms with E-state index in [0.29, 0.717) is 15.5 Å². The van der Waals surface area contributed by atoms with E-state index in [0.717, 1.165) is 11.3 Å². The lowest BCUT2D eigenvalue weighted by Crippen LogP contribution is -2.15. The summed E-state index contributed by atoms with van der Waals surface area (Å²) in [5, 5.41) is 18.9. The van der Waals surface area contributed by atoms with Crippen molar-refractivity contribution in [3.8, 4) is 21.7 Å². The first kappa shape index (κ1) is 19.9. The van der Waals surface area contributed by atoms with E-state index in [2.05, 4.69) is 10.4 Å². The van der Waals surface area contributed by atoms with Crippen molar-refractivity contribution < 1.29 is 14.7 Å². The number of amides is 1. The number of thiophene rings is 1. The molecule has 0 aliphatic heterocycles. The second-order valence-electron chi connectivity index (χ2n) is 6.52. The Hall–Kier alpha value is -3.42. The van der Waals surface area contributed by atoms with Crippen molar-refractivity contribution in [1.29, 1.82) is 0 Å². The minimum Gasteiger partial charge on any atom is -0.478 e. The van der Waals surface area contributed by atoms with Gasteiger partial charge in [0.25, 0.3) is 5.91 Å². The lowest BCUT2D eigenvalue weighted by molar-refractivity contribution is 0.0699. The van der Waals surface area contributed by atoms with Gasteiger partial charge in [-0.05, 0) is 29.3 Å². The first-order valence-corrected chi connectivity index (χ1v) is 10.2. The van der Waals surface area contributed by atoms with E-state index in [1.807, 2.05) is 30.3 Å². The van der Waals surface area contributed by atoms with Crippen molar-refractivity contribution in [3.05, 3.63) is 82.3 Å². The molecule has 0 unspecified atom stereocenters. The van der Waals surface area contributed by atoms with Gasteiger partial charge in [-0.2, -0.15) is 5.10 Å². The molecule has 6 nitrogen and oxygen atoms in total. The molecule has 8 heteroatoms. The SMILES string of the molecule is Cn1nc(C(=O)Nc2csc(-c3ccc(Cl)cc3)c2C(=O)O)cc1-c1ccccc1. The molecule has 0 aliphatic rings. The highest BCUT2D eigenvalue weighted by molar-refractivity contribution is 7.14. The molecule has 0 fully saturated rings. The van der Waals surface area contributed by atoms with E-state index in [-0.39, 0.29) is 16.9 Å². The van der Waals surface area contributed by atoms with Crippen LogP contribution in [0.5, 0.6) is 0 Å². The summed E-state index contributed by atoms with van der Waals surface area (Å²) in [6.07, 6.45) is 0. The molecule has 0 spiro atoms. The normalized spacial score (nSPS) is 10.7. The predicted octanol–water partition coefficient (Wildman–Crippen LogP) is 5.42. The highest BCUT2D eigenvalue weighted by atomic mass is 35.5. The molecule has 2 heterocycles. The van der Waals surface area contributed by atoms with Crippen LogP contribution in [0.1, 0.15) is 20.8 Å². The van der Waals surface area contributed by atoms with Crippen LogP contribution in [0.15, 0.2) is 66.0 Å². The van der Waals surface area contributed by atoms with Gasteiger partial charge >= 0.3 is 5.97 Å². The smallest absolute Gasteiger partial charge is 0.339 e. The second-order valence-corrected chi connectivity index (χ2v) is 7.84. The highest BCUT2D eigenvalue weighted by Gasteiger charge is 2.22. The summed E-state index contributed by atoms with van der Waals surface area (Å²) in [4.78, 5) is 25.2. The summed E-state index contributed by atoms with van der Waals surface area (Å²) in [5.74, 6) is -1.60. The molecule has 0 aliphatic carbocycles. The van der Waals surface area contributed by atoms with Gasteiger partial charge in [-0.25, -0.2) is 4.79 Å². The Bertz CT molecular complexity index is 1230. The zero-order valence-electron chi connectivity index (χ0n) is 15.8. The van der Waals surface area contributed by atoms with Crippen LogP contribution in [0.4, 0.5) is 5.69 Å². The molecule has 0 saturated heterocycles. The van der Waals surface area contributed by atoms with E-state index in [1.54, 1.807) is 47.4 Å². The molecule has 0 bridgehead atoms. The fourth-order valence-electron chi connectivity index (χ4n) is 3.12. The number of carboxylic acids is 1. The van der Waals surface area contributed by atoms with Crippen molar-refractivity contribution >= 4 is 40.5 Å². The van der Waals surface area contributed by atoms with Crippen molar-refractivity contribution in [2.45, 2.75) is 0 Å². The van der Waals surface area contributed by atoms with Crippen molar-refractivity contribution in [1.82, 2.24) is 9.78 Å². The minimum atomic E-state index is -1.12. The van der Waals surface area contributed by atoms with Crippen LogP contribution in [-0.4, -0.2) is 26.8 Å². The Morgan fingerprint density at radius 2 is 1.77 bits per heavy atom. The zero-order valence-corrected chi connectivity index (χ0v) is 17.4. The van der Waals surface area contributed by atoms with Crippen LogP contribution in [0.3, 0.4) is 0 Å². The maximum atomic E-state index is 12.8. The monoisotopic (exact) mass is 437 g/mol. The van der Waals surface area contributed by atoms with Gasteiger partial charge < -0.3 is 10.4 Å². The van der Waals surface area contributed by atoms with E-state index < -0.39 is 11.9 Å². The van der Waals surface area contributed by atoms with Gasteiger partial charge in [0.15, 0.2) is 5.69 Å². The van der Waals surface area contributed by atoms with Crippen LogP contribution in [0.25, 0.3) is 21.7 Å². The number of rotatable bonds is 5. The Kier molecular flexibility index (Phi) is 5.39. The summed E-state index contributed by atoms with van der Waals surface area (Å²) in [6.45, 7) is 0. The summed E-state index contributed by atoms with van der Waals surface area (Å²) in [7, 11) is 1.75. The maximum absolute atomic E-state index is 12.8. The van der Waals surface area contributed by atoms with Gasteiger partial charge in [0.2, 0.25) is 0 Å². The topological polar surface area (TPSA) is 84.2 Å². The number of hydrogen-bond donors (Lipinski definition) is 2. The molecule has 2 N–H and O–H groups in total. The van der Waals surface area contributed by atoms with Crippen LogP contribution in [-0.2, 0) is 7.05 Å². The second kappa shape index (κ2) is 8.14. The molecule has 0 atom stereocenters. The van der Waals surface area contributed by atoms with Crippen molar-refractivity contribution in [3.63, 3.8) is 0 Å². The van der Waals surface area contributed by atoms with Gasteiger partial charge in [-0.3, -0.25) is 9.48 Å². The summed E-state index contributed by atoms with van der Waals surface area (Å²) >= 11 is 7.17. The maximum Gasteiger partial charge on any atom is 0.339 e. The Balaban J connectivity index is 1.64. The lowest BCUT2D eigenvalue weighted by atomic mass is 10.1. The summed E-state index contributed by atoms with van der Waals surface area (Å²) in [5.41, 5.74) is 2.90. The number of anilines is 1. The molecular weight excluding hydrogens is 422 g/mol.